The Morgan fingerprint density at radius 3 is 2.18 bits per heavy atom. The van der Waals surface area contributed by atoms with Crippen LogP contribution in [-0.2, 0) is 13.9 Å². The van der Waals surface area contributed by atoms with Crippen molar-refractivity contribution in [1.29, 1.82) is 0 Å². The molecule has 0 aromatic rings. The summed E-state index contributed by atoms with van der Waals surface area (Å²) in [4.78, 5) is 48.6. The highest BCUT2D eigenvalue weighted by Gasteiger charge is 2.59. The standard InChI is InChI=1S/C11H19NO7P2S/c1-8(13)3-2-4-10(22)9-5-6-11(12-7-9,20(14,15)16)21(17,18)19/h5-6,9,12H,2-4,7H2,1H3,(H2,14,15,16)(H2,17,18,19). The van der Waals surface area contributed by atoms with E-state index in [0.717, 1.165) is 6.08 Å². The van der Waals surface area contributed by atoms with Gasteiger partial charge in [-0.3, -0.25) is 14.4 Å². The van der Waals surface area contributed by atoms with Crippen LogP contribution in [0.4, 0.5) is 0 Å². The number of hydrogen-bond acceptors (Lipinski definition) is 5. The van der Waals surface area contributed by atoms with Gasteiger partial charge in [-0.25, -0.2) is 0 Å². The normalized spacial score (nSPS) is 21.6. The summed E-state index contributed by atoms with van der Waals surface area (Å²) in [5.41, 5.74) is 0. The number of nitrogens with one attached hydrogen (secondary N) is 1. The van der Waals surface area contributed by atoms with E-state index < -0.39 is 20.2 Å². The summed E-state index contributed by atoms with van der Waals surface area (Å²) < 4.78 is 23.0. The molecule has 1 heterocycles. The third-order valence-electron chi connectivity index (χ3n) is 3.40. The van der Waals surface area contributed by atoms with Gasteiger partial charge in [0.15, 0.2) is 0 Å². The summed E-state index contributed by atoms with van der Waals surface area (Å²) >= 11 is 5.20. The van der Waals surface area contributed by atoms with E-state index in [4.69, 9.17) is 12.2 Å². The average molecular weight is 371 g/mol. The highest BCUT2D eigenvalue weighted by Crippen LogP contribution is 2.68. The molecule has 0 amide bonds. The maximum Gasteiger partial charge on any atom is 0.361 e. The first kappa shape index (κ1) is 19.8. The fraction of sp³-hybridized carbons (Fsp3) is 0.636. The predicted octanol–water partition coefficient (Wildman–Crippen LogP) is 0.900. The van der Waals surface area contributed by atoms with E-state index >= 15 is 0 Å². The van der Waals surface area contributed by atoms with Crippen LogP contribution >= 0.6 is 27.4 Å². The van der Waals surface area contributed by atoms with E-state index in [9.17, 15) is 33.5 Å². The minimum atomic E-state index is -5.13. The topological polar surface area (TPSA) is 144 Å². The molecule has 1 unspecified atom stereocenters. The summed E-state index contributed by atoms with van der Waals surface area (Å²) in [5, 5.41) is -0.428. The fourth-order valence-corrected chi connectivity index (χ4v) is 4.94. The van der Waals surface area contributed by atoms with Gasteiger partial charge in [0.05, 0.1) is 0 Å². The summed E-state index contributed by atoms with van der Waals surface area (Å²) in [6.45, 7) is 1.38. The zero-order chi connectivity index (χ0) is 17.2. The van der Waals surface area contributed by atoms with E-state index in [1.807, 2.05) is 0 Å². The molecule has 0 bridgehead atoms. The SMILES string of the molecule is CC(=O)CCCC(=S)C1C=CC(P(=O)(O)O)(P(=O)(O)O)NC1. The van der Waals surface area contributed by atoms with E-state index in [1.165, 1.54) is 13.0 Å². The number of thiocarbonyl (C=S) groups is 1. The number of hydrogen-bond donors (Lipinski definition) is 5. The molecule has 5 N–H and O–H groups in total. The van der Waals surface area contributed by atoms with Crippen LogP contribution < -0.4 is 5.32 Å². The zero-order valence-electron chi connectivity index (χ0n) is 11.9. The van der Waals surface area contributed by atoms with Crippen molar-refractivity contribution in [3.8, 4) is 0 Å². The smallest absolute Gasteiger partial charge is 0.322 e. The number of Topliss-reactive ketones (excluding diaryl/α,β-unsaturated/α-hetero) is 1. The lowest BCUT2D eigenvalue weighted by atomic mass is 9.98. The van der Waals surface area contributed by atoms with Crippen LogP contribution in [0.2, 0.25) is 0 Å². The van der Waals surface area contributed by atoms with Gasteiger partial charge >= 0.3 is 15.2 Å². The van der Waals surface area contributed by atoms with E-state index in [-0.39, 0.29) is 18.2 Å². The first-order valence-electron chi connectivity index (χ1n) is 6.48. The van der Waals surface area contributed by atoms with Crippen LogP contribution in [-0.4, -0.2) is 41.8 Å². The first-order chi connectivity index (χ1) is 9.91. The number of ketones is 1. The van der Waals surface area contributed by atoms with Crippen molar-refractivity contribution < 1.29 is 33.5 Å². The molecule has 0 saturated carbocycles. The Hall–Kier alpha value is -0.240. The molecule has 126 valence electrons. The molecule has 8 nitrogen and oxygen atoms in total. The molecule has 0 aromatic carbocycles. The van der Waals surface area contributed by atoms with Crippen molar-refractivity contribution in [1.82, 2.24) is 5.32 Å². The number of carbonyl (C=O) groups excluding carboxylic acids is 1. The molecule has 0 saturated heterocycles. The molecule has 11 heteroatoms. The third kappa shape index (κ3) is 4.40. The van der Waals surface area contributed by atoms with Crippen molar-refractivity contribution >= 4 is 38.1 Å². The Morgan fingerprint density at radius 1 is 1.27 bits per heavy atom. The van der Waals surface area contributed by atoms with Crippen LogP contribution in [0, 0.1) is 5.92 Å². The average Bonchev–Trinajstić information content (AvgIpc) is 2.35. The Kier molecular flexibility index (Phi) is 6.40. The second-order valence-corrected chi connectivity index (χ2v) is 9.65. The van der Waals surface area contributed by atoms with Crippen molar-refractivity contribution in [2.45, 2.75) is 31.2 Å². The van der Waals surface area contributed by atoms with E-state index in [0.29, 0.717) is 24.1 Å². The molecule has 0 aliphatic carbocycles. The van der Waals surface area contributed by atoms with Crippen LogP contribution in [0.5, 0.6) is 0 Å². The first-order valence-corrected chi connectivity index (χ1v) is 10.1. The van der Waals surface area contributed by atoms with Crippen LogP contribution in [0.3, 0.4) is 0 Å². The molecule has 1 rings (SSSR count). The quantitative estimate of drug-likeness (QED) is 0.250. The van der Waals surface area contributed by atoms with Gasteiger partial charge < -0.3 is 24.4 Å². The van der Waals surface area contributed by atoms with Crippen LogP contribution in [0.25, 0.3) is 0 Å². The van der Waals surface area contributed by atoms with Gasteiger partial charge in [-0.05, 0) is 25.8 Å². The molecule has 1 aliphatic rings. The van der Waals surface area contributed by atoms with Crippen molar-refractivity contribution in [2.75, 3.05) is 6.54 Å². The van der Waals surface area contributed by atoms with Gasteiger partial charge in [0.25, 0.3) is 0 Å². The fourth-order valence-electron chi connectivity index (χ4n) is 2.13. The second kappa shape index (κ2) is 7.11. The summed E-state index contributed by atoms with van der Waals surface area (Å²) in [6, 6.07) is 0. The molecule has 22 heavy (non-hydrogen) atoms. The van der Waals surface area contributed by atoms with Crippen LogP contribution in [0.1, 0.15) is 26.2 Å². The molecule has 1 atom stereocenters. The van der Waals surface area contributed by atoms with Crippen molar-refractivity contribution in [2.24, 2.45) is 5.92 Å². The van der Waals surface area contributed by atoms with Crippen molar-refractivity contribution in [3.05, 3.63) is 12.2 Å². The number of rotatable bonds is 7. The molecule has 0 spiro atoms. The van der Waals surface area contributed by atoms with E-state index in [2.05, 4.69) is 5.32 Å². The highest BCUT2D eigenvalue weighted by atomic mass is 32.1. The molecular weight excluding hydrogens is 352 g/mol. The summed E-state index contributed by atoms with van der Waals surface area (Å²) in [5.74, 6) is -0.338. The Bertz CT molecular complexity index is 557. The predicted molar refractivity (Wildman–Crippen MR) is 84.6 cm³/mol. The van der Waals surface area contributed by atoms with Gasteiger partial charge in [-0.15, -0.1) is 0 Å². The molecule has 0 fully saturated rings. The monoisotopic (exact) mass is 371 g/mol. The van der Waals surface area contributed by atoms with Gasteiger partial charge in [0.2, 0.25) is 5.02 Å². The minimum Gasteiger partial charge on any atom is -0.322 e. The lowest BCUT2D eigenvalue weighted by Crippen LogP contribution is -2.48. The largest absolute Gasteiger partial charge is 0.361 e. The lowest BCUT2D eigenvalue weighted by molar-refractivity contribution is -0.117. The van der Waals surface area contributed by atoms with Crippen molar-refractivity contribution in [3.63, 3.8) is 0 Å². The second-order valence-electron chi connectivity index (χ2n) is 5.18. The van der Waals surface area contributed by atoms with Gasteiger partial charge in [-0.2, -0.15) is 0 Å². The highest BCUT2D eigenvalue weighted by molar-refractivity contribution is 7.80. The van der Waals surface area contributed by atoms with Crippen LogP contribution in [0.15, 0.2) is 12.2 Å². The lowest BCUT2D eigenvalue weighted by Gasteiger charge is -2.37. The molecule has 0 aromatic heterocycles. The molecular formula is C11H19NO7P2S. The minimum absolute atomic E-state index is 0.0436. The maximum absolute atomic E-state index is 11.5. The Balaban J connectivity index is 2.87. The maximum atomic E-state index is 11.5. The van der Waals surface area contributed by atoms with Gasteiger partial charge in [0, 0.05) is 23.7 Å². The summed E-state index contributed by atoms with van der Waals surface area (Å²) in [6.07, 6.45) is 3.56. The third-order valence-corrected chi connectivity index (χ3v) is 7.86. The molecule has 0 radical (unpaired) electrons. The summed E-state index contributed by atoms with van der Waals surface area (Å²) in [7, 11) is -10.3. The van der Waals surface area contributed by atoms with Gasteiger partial charge in [0.1, 0.15) is 5.78 Å². The zero-order valence-corrected chi connectivity index (χ0v) is 14.5. The Morgan fingerprint density at radius 2 is 1.82 bits per heavy atom. The van der Waals surface area contributed by atoms with Gasteiger partial charge in [-0.1, -0.05) is 18.3 Å². The Labute approximate surface area is 133 Å². The van der Waals surface area contributed by atoms with E-state index in [1.54, 1.807) is 0 Å². The molecule has 1 aliphatic heterocycles. The number of carbonyl (C=O) groups is 1.